The lowest BCUT2D eigenvalue weighted by atomic mass is 9.96. The van der Waals surface area contributed by atoms with Gasteiger partial charge in [-0.2, -0.15) is 0 Å². The number of nitrogens with zero attached hydrogens (tertiary/aromatic N) is 1. The molecular weight excluding hydrogens is 414 g/mol. The van der Waals surface area contributed by atoms with Crippen molar-refractivity contribution in [2.75, 3.05) is 46.1 Å². The SMILES string of the molecule is O=C(NCC(C1CCOC1)N1CCOCC1)c1ccc(CNC(=O)c2cccs2)cc1. The third-order valence-corrected chi connectivity index (χ3v) is 6.78. The summed E-state index contributed by atoms with van der Waals surface area (Å²) in [6.07, 6.45) is 1.03. The highest BCUT2D eigenvalue weighted by molar-refractivity contribution is 7.12. The quantitative estimate of drug-likeness (QED) is 0.654. The van der Waals surface area contributed by atoms with Gasteiger partial charge in [0.05, 0.1) is 24.7 Å². The first-order valence-corrected chi connectivity index (χ1v) is 11.7. The molecule has 2 N–H and O–H groups in total. The van der Waals surface area contributed by atoms with Crippen LogP contribution < -0.4 is 10.6 Å². The third-order valence-electron chi connectivity index (χ3n) is 5.91. The molecule has 3 heterocycles. The highest BCUT2D eigenvalue weighted by Gasteiger charge is 2.31. The Bertz CT molecular complexity index is 844. The van der Waals surface area contributed by atoms with E-state index in [0.29, 0.717) is 29.4 Å². The molecule has 0 spiro atoms. The van der Waals surface area contributed by atoms with Crippen LogP contribution in [0.2, 0.25) is 0 Å². The molecule has 0 aliphatic carbocycles. The van der Waals surface area contributed by atoms with Crippen molar-refractivity contribution in [2.24, 2.45) is 5.92 Å². The number of morpholine rings is 1. The zero-order valence-electron chi connectivity index (χ0n) is 17.5. The molecule has 31 heavy (non-hydrogen) atoms. The van der Waals surface area contributed by atoms with Crippen molar-refractivity contribution in [3.05, 3.63) is 57.8 Å². The van der Waals surface area contributed by atoms with Crippen molar-refractivity contribution in [2.45, 2.75) is 19.0 Å². The van der Waals surface area contributed by atoms with Gasteiger partial charge in [-0.15, -0.1) is 11.3 Å². The van der Waals surface area contributed by atoms with Crippen LogP contribution in [-0.4, -0.2) is 68.8 Å². The summed E-state index contributed by atoms with van der Waals surface area (Å²) in [5, 5.41) is 7.90. The first-order valence-electron chi connectivity index (χ1n) is 10.8. The summed E-state index contributed by atoms with van der Waals surface area (Å²) >= 11 is 1.42. The second-order valence-electron chi connectivity index (χ2n) is 7.91. The third kappa shape index (κ3) is 5.92. The maximum atomic E-state index is 12.7. The second-order valence-corrected chi connectivity index (χ2v) is 8.85. The molecule has 2 atom stereocenters. The molecule has 2 aromatic rings. The molecular formula is C23H29N3O4S. The molecule has 1 aromatic carbocycles. The maximum absolute atomic E-state index is 12.7. The van der Waals surface area contributed by atoms with Crippen LogP contribution in [0.5, 0.6) is 0 Å². The molecule has 8 heteroatoms. The van der Waals surface area contributed by atoms with E-state index < -0.39 is 0 Å². The number of hydrogen-bond acceptors (Lipinski definition) is 6. The number of ether oxygens (including phenoxy) is 2. The number of carbonyl (C=O) groups is 2. The van der Waals surface area contributed by atoms with Crippen LogP contribution in [0.3, 0.4) is 0 Å². The molecule has 0 saturated carbocycles. The fraction of sp³-hybridized carbons (Fsp3) is 0.478. The second kappa shape index (κ2) is 10.9. The molecule has 2 aliphatic heterocycles. The molecule has 166 valence electrons. The highest BCUT2D eigenvalue weighted by atomic mass is 32.1. The summed E-state index contributed by atoms with van der Waals surface area (Å²) in [6.45, 7) is 5.84. The minimum absolute atomic E-state index is 0.0775. The van der Waals surface area contributed by atoms with Gasteiger partial charge in [0.1, 0.15) is 0 Å². The molecule has 2 unspecified atom stereocenters. The van der Waals surface area contributed by atoms with Gasteiger partial charge in [0, 0.05) is 50.3 Å². The average molecular weight is 444 g/mol. The molecule has 2 aliphatic rings. The van der Waals surface area contributed by atoms with Crippen molar-refractivity contribution in [3.63, 3.8) is 0 Å². The molecule has 0 radical (unpaired) electrons. The maximum Gasteiger partial charge on any atom is 0.261 e. The molecule has 7 nitrogen and oxygen atoms in total. The predicted octanol–water partition coefficient (Wildman–Crippen LogP) is 2.15. The summed E-state index contributed by atoms with van der Waals surface area (Å²) in [6, 6.07) is 11.3. The summed E-state index contributed by atoms with van der Waals surface area (Å²) in [5.74, 6) is 0.279. The van der Waals surface area contributed by atoms with Crippen LogP contribution >= 0.6 is 11.3 Å². The van der Waals surface area contributed by atoms with E-state index in [1.54, 1.807) is 6.07 Å². The largest absolute Gasteiger partial charge is 0.381 e. The molecule has 4 rings (SSSR count). The molecule has 2 amide bonds. The lowest BCUT2D eigenvalue weighted by Crippen LogP contribution is -2.52. The summed E-state index contributed by atoms with van der Waals surface area (Å²) in [4.78, 5) is 27.9. The molecule has 2 fully saturated rings. The standard InChI is InChI=1S/C23H29N3O4S/c27-22(25-15-20(19-7-10-30-16-19)26-8-11-29-12-9-26)18-5-3-17(4-6-18)14-24-23(28)21-2-1-13-31-21/h1-6,13,19-20H,7-12,14-16H2,(H,24,28)(H,25,27). The van der Waals surface area contributed by atoms with E-state index in [0.717, 1.165) is 51.5 Å². The van der Waals surface area contributed by atoms with Crippen LogP contribution in [0.25, 0.3) is 0 Å². The summed E-state index contributed by atoms with van der Waals surface area (Å²) in [5.41, 5.74) is 1.58. The monoisotopic (exact) mass is 443 g/mol. The smallest absolute Gasteiger partial charge is 0.261 e. The van der Waals surface area contributed by atoms with E-state index >= 15 is 0 Å². The van der Waals surface area contributed by atoms with Crippen LogP contribution in [0, 0.1) is 5.92 Å². The summed E-state index contributed by atoms with van der Waals surface area (Å²) < 4.78 is 11.1. The Balaban J connectivity index is 1.29. The van der Waals surface area contributed by atoms with Crippen LogP contribution in [0.4, 0.5) is 0 Å². The Morgan fingerprint density at radius 2 is 1.84 bits per heavy atom. The van der Waals surface area contributed by atoms with Crippen molar-refractivity contribution >= 4 is 23.2 Å². The van der Waals surface area contributed by atoms with Gasteiger partial charge in [0.2, 0.25) is 0 Å². The van der Waals surface area contributed by atoms with E-state index in [-0.39, 0.29) is 17.9 Å². The van der Waals surface area contributed by atoms with Crippen LogP contribution in [0.15, 0.2) is 41.8 Å². The zero-order chi connectivity index (χ0) is 21.5. The lowest BCUT2D eigenvalue weighted by Gasteiger charge is -2.37. The van der Waals surface area contributed by atoms with E-state index in [2.05, 4.69) is 15.5 Å². The minimum Gasteiger partial charge on any atom is -0.381 e. The predicted molar refractivity (Wildman–Crippen MR) is 119 cm³/mol. The van der Waals surface area contributed by atoms with Gasteiger partial charge in [-0.25, -0.2) is 0 Å². The Labute approximate surface area is 186 Å². The normalized spacial score (nSPS) is 20.3. The van der Waals surface area contributed by atoms with Gasteiger partial charge in [0.15, 0.2) is 0 Å². The fourth-order valence-electron chi connectivity index (χ4n) is 4.11. The van der Waals surface area contributed by atoms with Gasteiger partial charge in [-0.05, 0) is 35.6 Å². The van der Waals surface area contributed by atoms with Crippen LogP contribution in [0.1, 0.15) is 32.0 Å². The van der Waals surface area contributed by atoms with E-state index in [4.69, 9.17) is 9.47 Å². The minimum atomic E-state index is -0.0816. The topological polar surface area (TPSA) is 79.9 Å². The van der Waals surface area contributed by atoms with Crippen LogP contribution in [-0.2, 0) is 16.0 Å². The van der Waals surface area contributed by atoms with Crippen molar-refractivity contribution < 1.29 is 19.1 Å². The zero-order valence-corrected chi connectivity index (χ0v) is 18.4. The van der Waals surface area contributed by atoms with Gasteiger partial charge in [0.25, 0.3) is 11.8 Å². The number of benzene rings is 1. The van der Waals surface area contributed by atoms with Gasteiger partial charge in [-0.3, -0.25) is 14.5 Å². The highest BCUT2D eigenvalue weighted by Crippen LogP contribution is 2.22. The molecule has 2 saturated heterocycles. The van der Waals surface area contributed by atoms with Gasteiger partial charge < -0.3 is 20.1 Å². The van der Waals surface area contributed by atoms with Gasteiger partial charge >= 0.3 is 0 Å². The van der Waals surface area contributed by atoms with Crippen molar-refractivity contribution in [1.82, 2.24) is 15.5 Å². The average Bonchev–Trinajstić information content (AvgIpc) is 3.53. The van der Waals surface area contributed by atoms with E-state index in [1.807, 2.05) is 35.7 Å². The number of hydrogen-bond donors (Lipinski definition) is 2. The first kappa shape index (κ1) is 22.0. The number of thiophene rings is 1. The summed E-state index contributed by atoms with van der Waals surface area (Å²) in [7, 11) is 0. The first-order chi connectivity index (χ1) is 15.2. The Morgan fingerprint density at radius 3 is 2.52 bits per heavy atom. The number of rotatable bonds is 8. The molecule has 1 aromatic heterocycles. The molecule has 0 bridgehead atoms. The Hall–Kier alpha value is -2.26. The number of nitrogens with one attached hydrogen (secondary N) is 2. The fourth-order valence-corrected chi connectivity index (χ4v) is 4.75. The van der Waals surface area contributed by atoms with E-state index in [9.17, 15) is 9.59 Å². The van der Waals surface area contributed by atoms with Crippen molar-refractivity contribution in [1.29, 1.82) is 0 Å². The Kier molecular flexibility index (Phi) is 7.69. The number of carbonyl (C=O) groups excluding carboxylic acids is 2. The lowest BCUT2D eigenvalue weighted by molar-refractivity contribution is 0.00166. The van der Waals surface area contributed by atoms with Gasteiger partial charge in [-0.1, -0.05) is 18.2 Å². The Morgan fingerprint density at radius 1 is 1.03 bits per heavy atom. The van der Waals surface area contributed by atoms with Crippen molar-refractivity contribution in [3.8, 4) is 0 Å². The number of amides is 2. The van der Waals surface area contributed by atoms with E-state index in [1.165, 1.54) is 11.3 Å².